The van der Waals surface area contributed by atoms with Crippen LogP contribution in [-0.2, 0) is 0 Å². The van der Waals surface area contributed by atoms with E-state index in [1.54, 1.807) is 0 Å². The summed E-state index contributed by atoms with van der Waals surface area (Å²) >= 11 is 0. The van der Waals surface area contributed by atoms with Crippen molar-refractivity contribution >= 4 is 11.6 Å². The maximum absolute atomic E-state index is 12.8. The van der Waals surface area contributed by atoms with Gasteiger partial charge in [0.15, 0.2) is 0 Å². The Kier molecular flexibility index (Phi) is 4.26. The lowest BCUT2D eigenvalue weighted by Crippen LogP contribution is -2.16. The quantitative estimate of drug-likeness (QED) is 0.727. The van der Waals surface area contributed by atoms with E-state index in [9.17, 15) is 4.79 Å². The van der Waals surface area contributed by atoms with E-state index in [1.165, 1.54) is 5.56 Å². The molecule has 3 heteroatoms. The van der Waals surface area contributed by atoms with Gasteiger partial charge in [0.2, 0.25) is 0 Å². The zero-order chi connectivity index (χ0) is 17.3. The summed E-state index contributed by atoms with van der Waals surface area (Å²) in [6.45, 7) is 8.20. The van der Waals surface area contributed by atoms with Crippen molar-refractivity contribution in [1.82, 2.24) is 4.57 Å². The molecule has 122 valence electrons. The topological polar surface area (TPSA) is 34.0 Å². The first-order valence-electron chi connectivity index (χ1n) is 8.10. The molecular formula is C21H22N2O. The highest BCUT2D eigenvalue weighted by Gasteiger charge is 2.15. The van der Waals surface area contributed by atoms with Crippen LogP contribution in [0.5, 0.6) is 0 Å². The first-order chi connectivity index (χ1) is 11.5. The Morgan fingerprint density at radius 3 is 2.17 bits per heavy atom. The molecule has 1 heterocycles. The third kappa shape index (κ3) is 2.98. The van der Waals surface area contributed by atoms with Gasteiger partial charge in [-0.15, -0.1) is 0 Å². The number of aryl methyl sites for hydroxylation is 4. The highest BCUT2D eigenvalue weighted by atomic mass is 16.1. The Balaban J connectivity index is 1.98. The zero-order valence-electron chi connectivity index (χ0n) is 14.6. The zero-order valence-corrected chi connectivity index (χ0v) is 14.6. The van der Waals surface area contributed by atoms with Crippen LogP contribution in [0.15, 0.2) is 54.6 Å². The molecule has 3 aromatic rings. The largest absolute Gasteiger partial charge is 0.322 e. The highest BCUT2D eigenvalue weighted by Crippen LogP contribution is 2.22. The fourth-order valence-corrected chi connectivity index (χ4v) is 2.93. The molecule has 3 rings (SSSR count). The molecule has 1 amide bonds. The van der Waals surface area contributed by atoms with Crippen molar-refractivity contribution in [2.45, 2.75) is 27.7 Å². The number of hydrogen-bond donors (Lipinski definition) is 1. The smallest absolute Gasteiger partial charge is 0.257 e. The highest BCUT2D eigenvalue weighted by molar-refractivity contribution is 6.06. The predicted octanol–water partition coefficient (Wildman–Crippen LogP) is 4.96. The normalized spacial score (nSPS) is 10.7. The maximum Gasteiger partial charge on any atom is 0.257 e. The number of carbonyl (C=O) groups is 1. The average Bonchev–Trinajstić information content (AvgIpc) is 2.89. The van der Waals surface area contributed by atoms with Crippen LogP contribution in [0.2, 0.25) is 0 Å². The number of anilines is 1. The summed E-state index contributed by atoms with van der Waals surface area (Å²) in [7, 11) is 0. The third-order valence-corrected chi connectivity index (χ3v) is 4.43. The summed E-state index contributed by atoms with van der Waals surface area (Å²) in [5.41, 5.74) is 6.99. The van der Waals surface area contributed by atoms with E-state index in [2.05, 4.69) is 28.9 Å². The molecule has 0 radical (unpaired) electrons. The van der Waals surface area contributed by atoms with Gasteiger partial charge in [-0.3, -0.25) is 4.79 Å². The monoisotopic (exact) mass is 318 g/mol. The summed E-state index contributed by atoms with van der Waals surface area (Å²) in [6.07, 6.45) is 0. The molecule has 0 spiro atoms. The molecule has 24 heavy (non-hydrogen) atoms. The van der Waals surface area contributed by atoms with Crippen molar-refractivity contribution in [3.63, 3.8) is 0 Å². The second kappa shape index (κ2) is 6.36. The van der Waals surface area contributed by atoms with Crippen LogP contribution in [0.25, 0.3) is 5.69 Å². The molecule has 0 aliphatic heterocycles. The predicted molar refractivity (Wildman–Crippen MR) is 99.1 cm³/mol. The minimum Gasteiger partial charge on any atom is -0.322 e. The van der Waals surface area contributed by atoms with Crippen LogP contribution in [-0.4, -0.2) is 10.5 Å². The van der Waals surface area contributed by atoms with Crippen molar-refractivity contribution < 1.29 is 4.79 Å². The molecule has 0 aliphatic rings. The van der Waals surface area contributed by atoms with Gasteiger partial charge in [0.05, 0.1) is 11.3 Å². The van der Waals surface area contributed by atoms with Crippen LogP contribution in [0.3, 0.4) is 0 Å². The Morgan fingerprint density at radius 2 is 1.50 bits per heavy atom. The summed E-state index contributed by atoms with van der Waals surface area (Å²) in [5, 5.41) is 3.02. The lowest BCUT2D eigenvalue weighted by molar-refractivity contribution is 0.102. The molecule has 3 nitrogen and oxygen atoms in total. The van der Waals surface area contributed by atoms with Gasteiger partial charge >= 0.3 is 0 Å². The molecule has 0 saturated carbocycles. The first kappa shape index (κ1) is 16.1. The van der Waals surface area contributed by atoms with E-state index in [1.807, 2.05) is 63.2 Å². The Hall–Kier alpha value is -2.81. The number of benzene rings is 2. The molecule has 1 aromatic heterocycles. The Labute approximate surface area is 143 Å². The van der Waals surface area contributed by atoms with Crippen molar-refractivity contribution in [2.24, 2.45) is 0 Å². The van der Waals surface area contributed by atoms with E-state index in [-0.39, 0.29) is 5.91 Å². The summed E-state index contributed by atoms with van der Waals surface area (Å²) in [5.74, 6) is -0.0960. The maximum atomic E-state index is 12.8. The fraction of sp³-hybridized carbons (Fsp3) is 0.190. The number of aromatic nitrogens is 1. The molecule has 1 N–H and O–H groups in total. The minimum atomic E-state index is -0.0960. The lowest BCUT2D eigenvalue weighted by atomic mass is 10.1. The molecule has 0 unspecified atom stereocenters. The van der Waals surface area contributed by atoms with Gasteiger partial charge in [-0.25, -0.2) is 0 Å². The van der Waals surface area contributed by atoms with Crippen molar-refractivity contribution in [2.75, 3.05) is 5.32 Å². The van der Waals surface area contributed by atoms with Gasteiger partial charge in [0.1, 0.15) is 0 Å². The molecular weight excluding hydrogens is 296 g/mol. The third-order valence-electron chi connectivity index (χ3n) is 4.43. The van der Waals surface area contributed by atoms with Crippen LogP contribution >= 0.6 is 0 Å². The number of amides is 1. The Morgan fingerprint density at radius 1 is 0.833 bits per heavy atom. The van der Waals surface area contributed by atoms with E-state index in [0.29, 0.717) is 5.56 Å². The van der Waals surface area contributed by atoms with Crippen LogP contribution in [0.4, 0.5) is 5.69 Å². The summed E-state index contributed by atoms with van der Waals surface area (Å²) in [4.78, 5) is 12.8. The van der Waals surface area contributed by atoms with Crippen molar-refractivity contribution in [1.29, 1.82) is 0 Å². The number of nitrogens with zero attached hydrogens (tertiary/aromatic N) is 1. The van der Waals surface area contributed by atoms with E-state index in [0.717, 1.165) is 28.3 Å². The number of hydrogen-bond acceptors (Lipinski definition) is 1. The second-order valence-corrected chi connectivity index (χ2v) is 6.22. The van der Waals surface area contributed by atoms with Gasteiger partial charge in [-0.2, -0.15) is 0 Å². The molecule has 0 fully saturated rings. The Bertz CT molecular complexity index is 886. The lowest BCUT2D eigenvalue weighted by Gasteiger charge is -2.15. The summed E-state index contributed by atoms with van der Waals surface area (Å²) < 4.78 is 2.11. The van der Waals surface area contributed by atoms with Crippen molar-refractivity contribution in [3.8, 4) is 5.69 Å². The van der Waals surface area contributed by atoms with Crippen LogP contribution in [0, 0.1) is 27.7 Å². The summed E-state index contributed by atoms with van der Waals surface area (Å²) in [6, 6.07) is 17.8. The molecule has 2 aromatic carbocycles. The molecule has 0 bridgehead atoms. The van der Waals surface area contributed by atoms with Crippen molar-refractivity contribution in [3.05, 3.63) is 82.7 Å². The van der Waals surface area contributed by atoms with Crippen LogP contribution < -0.4 is 5.32 Å². The van der Waals surface area contributed by atoms with E-state index < -0.39 is 0 Å². The van der Waals surface area contributed by atoms with Gasteiger partial charge in [-0.05, 0) is 75.2 Å². The number of nitrogens with one attached hydrogen (secondary N) is 1. The molecule has 0 aliphatic carbocycles. The van der Waals surface area contributed by atoms with E-state index in [4.69, 9.17) is 0 Å². The second-order valence-electron chi connectivity index (χ2n) is 6.22. The minimum absolute atomic E-state index is 0.0960. The SMILES string of the molecule is Cc1ccc(NC(=O)c2ccccc2-n2c(C)ccc2C)cc1C. The van der Waals surface area contributed by atoms with Crippen LogP contribution in [0.1, 0.15) is 32.9 Å². The number of carbonyl (C=O) groups excluding carboxylic acids is 1. The fourth-order valence-electron chi connectivity index (χ4n) is 2.93. The van der Waals surface area contributed by atoms with Gasteiger partial charge < -0.3 is 9.88 Å². The van der Waals surface area contributed by atoms with E-state index >= 15 is 0 Å². The van der Waals surface area contributed by atoms with Gasteiger partial charge in [0.25, 0.3) is 5.91 Å². The molecule has 0 atom stereocenters. The van der Waals surface area contributed by atoms with Gasteiger partial charge in [-0.1, -0.05) is 18.2 Å². The standard InChI is InChI=1S/C21H22N2O/c1-14-9-12-18(13-15(14)2)22-21(24)19-7-5-6-8-20(19)23-16(3)10-11-17(23)4/h5-13H,1-4H3,(H,22,24). The molecule has 0 saturated heterocycles. The number of rotatable bonds is 3. The average molecular weight is 318 g/mol. The number of para-hydroxylation sites is 1. The first-order valence-corrected chi connectivity index (χ1v) is 8.10. The van der Waals surface area contributed by atoms with Gasteiger partial charge in [0, 0.05) is 17.1 Å².